The lowest BCUT2D eigenvalue weighted by atomic mass is 9.89. The van der Waals surface area contributed by atoms with E-state index in [0.29, 0.717) is 23.7 Å². The minimum absolute atomic E-state index is 0.0470. The number of carbonyl (C=O) groups excluding carboxylic acids is 1. The SMILES string of the molecule is O=C(c1ccccc1Cl)N1CCO[C@@H]2CCCC[C@H]21. The number of benzene rings is 1. The number of carbonyl (C=O) groups is 1. The molecular weight excluding hydrogens is 262 g/mol. The van der Waals surface area contributed by atoms with Crippen LogP contribution in [-0.2, 0) is 4.74 Å². The second-order valence-corrected chi connectivity index (χ2v) is 5.65. The summed E-state index contributed by atoms with van der Waals surface area (Å²) in [5.41, 5.74) is 0.607. The van der Waals surface area contributed by atoms with Gasteiger partial charge >= 0.3 is 0 Å². The fraction of sp³-hybridized carbons (Fsp3) is 0.533. The molecule has 1 aliphatic heterocycles. The van der Waals surface area contributed by atoms with E-state index in [9.17, 15) is 4.79 Å². The van der Waals surface area contributed by atoms with Gasteiger partial charge in [-0.25, -0.2) is 0 Å². The Bertz CT molecular complexity index is 475. The van der Waals surface area contributed by atoms with Crippen LogP contribution in [0.3, 0.4) is 0 Å². The lowest BCUT2D eigenvalue weighted by Gasteiger charge is -2.43. The van der Waals surface area contributed by atoms with E-state index in [-0.39, 0.29) is 18.1 Å². The maximum Gasteiger partial charge on any atom is 0.255 e. The Morgan fingerprint density at radius 1 is 1.26 bits per heavy atom. The van der Waals surface area contributed by atoms with Gasteiger partial charge in [-0.15, -0.1) is 0 Å². The van der Waals surface area contributed by atoms with Crippen LogP contribution in [0.4, 0.5) is 0 Å². The van der Waals surface area contributed by atoms with Gasteiger partial charge in [0, 0.05) is 6.54 Å². The first-order valence-corrected chi connectivity index (χ1v) is 7.32. The molecule has 2 atom stereocenters. The monoisotopic (exact) mass is 279 g/mol. The third-order valence-electron chi connectivity index (χ3n) is 4.10. The van der Waals surface area contributed by atoms with Gasteiger partial charge in [-0.3, -0.25) is 4.79 Å². The Kier molecular flexibility index (Phi) is 3.76. The van der Waals surface area contributed by atoms with Crippen molar-refractivity contribution in [2.75, 3.05) is 13.2 Å². The number of ether oxygens (including phenoxy) is 1. The molecule has 1 saturated heterocycles. The van der Waals surface area contributed by atoms with Crippen LogP contribution in [0, 0.1) is 0 Å². The van der Waals surface area contributed by atoms with E-state index in [1.54, 1.807) is 12.1 Å². The molecule has 1 amide bonds. The Morgan fingerprint density at radius 3 is 2.89 bits per heavy atom. The summed E-state index contributed by atoms with van der Waals surface area (Å²) in [7, 11) is 0. The third-order valence-corrected chi connectivity index (χ3v) is 4.43. The number of amides is 1. The van der Waals surface area contributed by atoms with Crippen LogP contribution < -0.4 is 0 Å². The van der Waals surface area contributed by atoms with Gasteiger partial charge in [-0.05, 0) is 25.0 Å². The number of rotatable bonds is 1. The van der Waals surface area contributed by atoms with Gasteiger partial charge in [0.15, 0.2) is 0 Å². The van der Waals surface area contributed by atoms with Crippen LogP contribution in [0.5, 0.6) is 0 Å². The summed E-state index contributed by atoms with van der Waals surface area (Å²) in [6.45, 7) is 1.31. The summed E-state index contributed by atoms with van der Waals surface area (Å²) in [6, 6.07) is 7.51. The summed E-state index contributed by atoms with van der Waals surface area (Å²) < 4.78 is 5.80. The highest BCUT2D eigenvalue weighted by molar-refractivity contribution is 6.33. The quantitative estimate of drug-likeness (QED) is 0.790. The first kappa shape index (κ1) is 12.9. The first-order valence-electron chi connectivity index (χ1n) is 6.94. The fourth-order valence-corrected chi connectivity index (χ4v) is 3.35. The van der Waals surface area contributed by atoms with Crippen LogP contribution in [0.25, 0.3) is 0 Å². The standard InChI is InChI=1S/C15H18ClNO2/c16-12-6-2-1-5-11(12)15(18)17-9-10-19-14-8-4-3-7-13(14)17/h1-2,5-6,13-14H,3-4,7-10H2/t13-,14-/m1/s1. The molecule has 0 aromatic heterocycles. The maximum absolute atomic E-state index is 12.7. The largest absolute Gasteiger partial charge is 0.374 e. The normalized spacial score (nSPS) is 26.9. The van der Waals surface area contributed by atoms with Crippen LogP contribution in [0.2, 0.25) is 5.02 Å². The predicted molar refractivity (Wildman–Crippen MR) is 74.5 cm³/mol. The maximum atomic E-state index is 12.7. The molecule has 1 aromatic carbocycles. The molecule has 19 heavy (non-hydrogen) atoms. The number of hydrogen-bond donors (Lipinski definition) is 0. The molecule has 0 N–H and O–H groups in total. The average molecular weight is 280 g/mol. The Labute approximate surface area is 118 Å². The molecule has 0 unspecified atom stereocenters. The predicted octanol–water partition coefficient (Wildman–Crippen LogP) is 3.12. The van der Waals surface area contributed by atoms with Crippen molar-refractivity contribution in [2.24, 2.45) is 0 Å². The summed E-state index contributed by atoms with van der Waals surface area (Å²) in [5, 5.41) is 0.534. The molecule has 0 spiro atoms. The van der Waals surface area contributed by atoms with Crippen molar-refractivity contribution in [1.82, 2.24) is 4.90 Å². The fourth-order valence-electron chi connectivity index (χ4n) is 3.14. The van der Waals surface area contributed by atoms with Gasteiger partial charge in [0.25, 0.3) is 5.91 Å². The molecule has 3 nitrogen and oxygen atoms in total. The van der Waals surface area contributed by atoms with Crippen molar-refractivity contribution in [3.63, 3.8) is 0 Å². The highest BCUT2D eigenvalue weighted by Crippen LogP contribution is 2.30. The highest BCUT2D eigenvalue weighted by Gasteiger charge is 2.37. The van der Waals surface area contributed by atoms with E-state index in [2.05, 4.69) is 0 Å². The number of halogens is 1. The Hall–Kier alpha value is -1.06. The molecule has 4 heteroatoms. The molecule has 0 radical (unpaired) electrons. The van der Waals surface area contributed by atoms with Crippen molar-refractivity contribution in [3.05, 3.63) is 34.9 Å². The average Bonchev–Trinajstić information content (AvgIpc) is 2.46. The first-order chi connectivity index (χ1) is 9.27. The van der Waals surface area contributed by atoms with Crippen molar-refractivity contribution < 1.29 is 9.53 Å². The molecule has 1 aliphatic carbocycles. The van der Waals surface area contributed by atoms with E-state index < -0.39 is 0 Å². The summed E-state index contributed by atoms with van der Waals surface area (Å²) in [4.78, 5) is 14.6. The number of hydrogen-bond acceptors (Lipinski definition) is 2. The molecular formula is C15H18ClNO2. The minimum Gasteiger partial charge on any atom is -0.374 e. The highest BCUT2D eigenvalue weighted by atomic mass is 35.5. The van der Waals surface area contributed by atoms with Gasteiger partial charge in [0.05, 0.1) is 29.3 Å². The summed E-state index contributed by atoms with van der Waals surface area (Å²) >= 11 is 6.13. The molecule has 3 rings (SSSR count). The Balaban J connectivity index is 1.84. The molecule has 1 aromatic rings. The van der Waals surface area contributed by atoms with Crippen molar-refractivity contribution in [2.45, 2.75) is 37.8 Å². The molecule has 1 saturated carbocycles. The van der Waals surface area contributed by atoms with Crippen LogP contribution >= 0.6 is 11.6 Å². The van der Waals surface area contributed by atoms with Crippen LogP contribution in [0.1, 0.15) is 36.0 Å². The number of nitrogens with zero attached hydrogens (tertiary/aromatic N) is 1. The van der Waals surface area contributed by atoms with E-state index in [4.69, 9.17) is 16.3 Å². The topological polar surface area (TPSA) is 29.5 Å². The van der Waals surface area contributed by atoms with Crippen molar-refractivity contribution >= 4 is 17.5 Å². The van der Waals surface area contributed by atoms with E-state index in [1.807, 2.05) is 17.0 Å². The number of morpholine rings is 1. The lowest BCUT2D eigenvalue weighted by molar-refractivity contribution is -0.0752. The Morgan fingerprint density at radius 2 is 2.05 bits per heavy atom. The van der Waals surface area contributed by atoms with Gasteiger partial charge in [-0.1, -0.05) is 36.6 Å². The van der Waals surface area contributed by atoms with E-state index in [1.165, 1.54) is 12.8 Å². The summed E-state index contributed by atoms with van der Waals surface area (Å²) in [5.74, 6) is 0.0470. The molecule has 0 bridgehead atoms. The number of fused-ring (bicyclic) bond motifs is 1. The van der Waals surface area contributed by atoms with Crippen LogP contribution in [-0.4, -0.2) is 36.1 Å². The van der Waals surface area contributed by atoms with Gasteiger partial charge in [0.2, 0.25) is 0 Å². The molecule has 1 heterocycles. The van der Waals surface area contributed by atoms with Crippen molar-refractivity contribution in [1.29, 1.82) is 0 Å². The molecule has 2 aliphatic rings. The zero-order chi connectivity index (χ0) is 13.2. The zero-order valence-corrected chi connectivity index (χ0v) is 11.6. The minimum atomic E-state index is 0.0470. The van der Waals surface area contributed by atoms with Crippen LogP contribution in [0.15, 0.2) is 24.3 Å². The van der Waals surface area contributed by atoms with E-state index in [0.717, 1.165) is 12.8 Å². The third kappa shape index (κ3) is 2.49. The van der Waals surface area contributed by atoms with Gasteiger partial charge in [0.1, 0.15) is 0 Å². The van der Waals surface area contributed by atoms with Gasteiger partial charge in [-0.2, -0.15) is 0 Å². The lowest BCUT2D eigenvalue weighted by Crippen LogP contribution is -2.54. The van der Waals surface area contributed by atoms with Crippen molar-refractivity contribution in [3.8, 4) is 0 Å². The summed E-state index contributed by atoms with van der Waals surface area (Å²) in [6.07, 6.45) is 4.71. The molecule has 102 valence electrons. The smallest absolute Gasteiger partial charge is 0.255 e. The van der Waals surface area contributed by atoms with E-state index >= 15 is 0 Å². The van der Waals surface area contributed by atoms with Gasteiger partial charge < -0.3 is 9.64 Å². The zero-order valence-electron chi connectivity index (χ0n) is 10.8. The second-order valence-electron chi connectivity index (χ2n) is 5.24. The second kappa shape index (κ2) is 5.51. The molecule has 2 fully saturated rings.